The van der Waals surface area contributed by atoms with Crippen LogP contribution < -0.4 is 18.9 Å². The predicted molar refractivity (Wildman–Crippen MR) is 260 cm³/mol. The Labute approximate surface area is 433 Å². The first-order valence-electron chi connectivity index (χ1n) is 24.8. The molecule has 0 bridgehead atoms. The molecule has 406 valence electrons. The van der Waals surface area contributed by atoms with Crippen molar-refractivity contribution < 1.29 is 95.3 Å². The van der Waals surface area contributed by atoms with Crippen molar-refractivity contribution in [2.45, 2.75) is 90.0 Å². The van der Waals surface area contributed by atoms with Crippen LogP contribution in [0.5, 0.6) is 23.0 Å². The van der Waals surface area contributed by atoms with Crippen LogP contribution in [-0.4, -0.2) is 136 Å². The molecule has 22 heteroatoms. The Morgan fingerprint density at radius 2 is 0.880 bits per heavy atom. The van der Waals surface area contributed by atoms with Gasteiger partial charge in [-0.25, -0.2) is 28.8 Å². The quantitative estimate of drug-likeness (QED) is 0.0400. The topological polar surface area (TPSA) is 269 Å². The molecule has 2 aromatic carbocycles. The average molecular weight is 1050 g/mol. The lowest BCUT2D eigenvalue weighted by molar-refractivity contribution is -0.152. The minimum absolute atomic E-state index is 0.0183. The molecule has 2 amide bonds. The van der Waals surface area contributed by atoms with Crippen LogP contribution in [0.15, 0.2) is 61.7 Å². The maximum atomic E-state index is 13.4. The van der Waals surface area contributed by atoms with E-state index in [4.69, 9.17) is 47.4 Å². The van der Waals surface area contributed by atoms with Gasteiger partial charge in [-0.15, -0.1) is 0 Å². The van der Waals surface area contributed by atoms with E-state index in [0.717, 1.165) is 26.4 Å². The van der Waals surface area contributed by atoms with Crippen molar-refractivity contribution in [1.29, 1.82) is 0 Å². The van der Waals surface area contributed by atoms with E-state index >= 15 is 0 Å². The summed E-state index contributed by atoms with van der Waals surface area (Å²) in [6.45, 7) is 9.11. The van der Waals surface area contributed by atoms with Gasteiger partial charge in [0.15, 0.2) is 0 Å². The smallest absolute Gasteiger partial charge is 0.415 e. The van der Waals surface area contributed by atoms with Crippen molar-refractivity contribution in [1.82, 2.24) is 9.80 Å². The fraction of sp³-hybridized carbons (Fsp3) is 0.509. The van der Waals surface area contributed by atoms with Gasteiger partial charge < -0.3 is 57.2 Å². The molecule has 5 rings (SSSR count). The summed E-state index contributed by atoms with van der Waals surface area (Å²) in [6, 6.07) is 7.15. The van der Waals surface area contributed by atoms with Crippen LogP contribution in [0, 0.1) is 23.7 Å². The number of hydrogen-bond donors (Lipinski definition) is 0. The van der Waals surface area contributed by atoms with Gasteiger partial charge in [-0.1, -0.05) is 13.2 Å². The normalized spacial score (nSPS) is 19.2. The largest absolute Gasteiger partial charge is 0.465 e. The second kappa shape index (κ2) is 29.2. The number of carbonyl (C=O) groups excluding carboxylic acids is 10. The summed E-state index contributed by atoms with van der Waals surface area (Å²) in [5, 5.41) is 0. The second-order valence-electron chi connectivity index (χ2n) is 18.0. The molecule has 3 aliphatic rings. The Morgan fingerprint density at radius 3 is 1.25 bits per heavy atom. The summed E-state index contributed by atoms with van der Waals surface area (Å²) in [5.41, 5.74) is -0.351. The first-order chi connectivity index (χ1) is 36.0. The Kier molecular flexibility index (Phi) is 22.6. The fourth-order valence-corrected chi connectivity index (χ4v) is 8.55. The van der Waals surface area contributed by atoms with Crippen molar-refractivity contribution in [3.05, 3.63) is 72.8 Å². The third-order valence-corrected chi connectivity index (χ3v) is 12.8. The lowest BCUT2D eigenvalue weighted by Gasteiger charge is -2.38. The molecule has 0 spiro atoms. The molecule has 1 heterocycles. The van der Waals surface area contributed by atoms with E-state index in [0.29, 0.717) is 77.0 Å². The van der Waals surface area contributed by atoms with Crippen LogP contribution in [0.2, 0.25) is 0 Å². The number of nitrogens with zero attached hydrogens (tertiary/aromatic N) is 2. The summed E-state index contributed by atoms with van der Waals surface area (Å²) in [4.78, 5) is 129. The summed E-state index contributed by atoms with van der Waals surface area (Å²) in [7, 11) is 2.28. The van der Waals surface area contributed by atoms with Gasteiger partial charge in [0.05, 0.1) is 70.4 Å². The van der Waals surface area contributed by atoms with Crippen LogP contribution in [0.25, 0.3) is 0 Å². The number of rotatable bonds is 22. The minimum atomic E-state index is -0.858. The van der Waals surface area contributed by atoms with Crippen LogP contribution in [0.4, 0.5) is 9.59 Å². The third-order valence-electron chi connectivity index (χ3n) is 12.8. The zero-order valence-electron chi connectivity index (χ0n) is 42.4. The highest BCUT2D eigenvalue weighted by molar-refractivity contribution is 5.95. The van der Waals surface area contributed by atoms with Crippen molar-refractivity contribution in [2.24, 2.45) is 23.7 Å². The van der Waals surface area contributed by atoms with E-state index < -0.39 is 65.9 Å². The Morgan fingerprint density at radius 1 is 0.507 bits per heavy atom. The maximum Gasteiger partial charge on any atom is 0.415 e. The summed E-state index contributed by atoms with van der Waals surface area (Å²) >= 11 is 0. The van der Waals surface area contributed by atoms with Crippen molar-refractivity contribution in [3.63, 3.8) is 0 Å². The van der Waals surface area contributed by atoms with Crippen molar-refractivity contribution in [3.8, 4) is 23.0 Å². The van der Waals surface area contributed by atoms with Crippen LogP contribution >= 0.6 is 0 Å². The maximum absolute atomic E-state index is 13.4. The molecule has 1 unspecified atom stereocenters. The first kappa shape index (κ1) is 58.1. The molecule has 0 radical (unpaired) electrons. The van der Waals surface area contributed by atoms with Crippen molar-refractivity contribution >= 4 is 59.9 Å². The monoisotopic (exact) mass is 1050 g/mol. The number of carbonyl (C=O) groups is 10. The van der Waals surface area contributed by atoms with E-state index in [2.05, 4.69) is 13.2 Å². The molecular weight excluding hydrogens is 985 g/mol. The van der Waals surface area contributed by atoms with Crippen LogP contribution in [0.1, 0.15) is 105 Å². The number of ether oxygens (including phenoxy) is 10. The highest BCUT2D eigenvalue weighted by atomic mass is 16.6. The number of unbranched alkanes of at least 4 members (excludes halogenated alkanes) is 2. The zero-order chi connectivity index (χ0) is 54.4. The van der Waals surface area contributed by atoms with Gasteiger partial charge in [-0.05, 0) is 120 Å². The number of hydrogen-bond acceptors (Lipinski definition) is 20. The molecule has 1 atom stereocenters. The Bertz CT molecular complexity index is 2420. The SMILES string of the molecule is C=CC(=O)OCCCCOC(=O)[C@H]1CC[C@H](C(=O)Oc2ccc(OC(=O)N3CCN(C(=O)Oc4ccc(OC(=O)[C@H]5CC[C@H](C(=O)OCCCCOC(=O)C=C)CC5)c(C(=O)OC)c4)C(C)C3)cc2C(=O)OC)CC1. The van der Waals surface area contributed by atoms with E-state index in [-0.39, 0.29) is 104 Å². The number of amides is 2. The predicted octanol–water partition coefficient (Wildman–Crippen LogP) is 6.49. The molecule has 3 fully saturated rings. The van der Waals surface area contributed by atoms with Crippen LogP contribution in [-0.2, 0) is 57.2 Å². The van der Waals surface area contributed by atoms with E-state index in [1.54, 1.807) is 6.92 Å². The van der Waals surface area contributed by atoms with Gasteiger partial charge in [0, 0.05) is 31.8 Å². The van der Waals surface area contributed by atoms with Gasteiger partial charge >= 0.3 is 59.9 Å². The van der Waals surface area contributed by atoms with E-state index in [1.807, 2.05) is 0 Å². The van der Waals surface area contributed by atoms with Gasteiger partial charge in [0.1, 0.15) is 34.1 Å². The Balaban J connectivity index is 1.07. The van der Waals surface area contributed by atoms with Gasteiger partial charge in [0.25, 0.3) is 0 Å². The second-order valence-corrected chi connectivity index (χ2v) is 18.0. The number of benzene rings is 2. The Hall–Kier alpha value is -7.78. The van der Waals surface area contributed by atoms with Gasteiger partial charge in [-0.2, -0.15) is 0 Å². The molecule has 2 aliphatic carbocycles. The zero-order valence-corrected chi connectivity index (χ0v) is 42.4. The number of methoxy groups -OCH3 is 2. The highest BCUT2D eigenvalue weighted by Gasteiger charge is 2.36. The molecule has 0 aromatic heterocycles. The third kappa shape index (κ3) is 17.4. The number of esters is 8. The summed E-state index contributed by atoms with van der Waals surface area (Å²) in [5.74, 6) is -6.94. The average Bonchev–Trinajstić information content (AvgIpc) is 3.42. The molecule has 2 aromatic rings. The molecule has 2 saturated carbocycles. The van der Waals surface area contributed by atoms with Gasteiger partial charge in [-0.3, -0.25) is 19.2 Å². The first-order valence-corrected chi connectivity index (χ1v) is 24.8. The molecule has 1 saturated heterocycles. The number of piperazine rings is 1. The molecule has 22 nitrogen and oxygen atoms in total. The standard InChI is InChI=1S/C53H64N2O20/c1-6-44(56)68-26-8-10-28-70-46(58)34-12-16-36(17-13-34)48(60)74-42-22-20-38(30-40(42)50(62)66-4)72-52(64)54-24-25-55(33(3)32-54)53(65)73-39-21-23-43(41(31-39)51(63)67-5)75-49(61)37-18-14-35(15-19-37)47(59)71-29-11-9-27-69-45(57)7-2/h6-7,20-23,30-31,33-37H,1-2,8-19,24-29,32H2,3-5H3/t33?,34-,35-,36-,37-. The fourth-order valence-electron chi connectivity index (χ4n) is 8.55. The summed E-state index contributed by atoms with van der Waals surface area (Å²) < 4.78 is 52.8. The molecular formula is C53H64N2O20. The van der Waals surface area contributed by atoms with E-state index in [1.165, 1.54) is 46.2 Å². The highest BCUT2D eigenvalue weighted by Crippen LogP contribution is 2.35. The molecule has 1 aliphatic heterocycles. The van der Waals surface area contributed by atoms with Crippen molar-refractivity contribution in [2.75, 3.05) is 60.3 Å². The molecule has 75 heavy (non-hydrogen) atoms. The van der Waals surface area contributed by atoms with E-state index in [9.17, 15) is 47.9 Å². The minimum Gasteiger partial charge on any atom is -0.465 e. The molecule has 0 N–H and O–H groups in total. The lowest BCUT2D eigenvalue weighted by atomic mass is 9.82. The lowest BCUT2D eigenvalue weighted by Crippen LogP contribution is -2.56. The van der Waals surface area contributed by atoms with Gasteiger partial charge in [0.2, 0.25) is 0 Å². The summed E-state index contributed by atoms with van der Waals surface area (Å²) in [6.07, 6.45) is 5.59. The van der Waals surface area contributed by atoms with Crippen LogP contribution in [0.3, 0.4) is 0 Å².